The number of carbonyl (C=O) groups excluding carboxylic acids is 1. The van der Waals surface area contributed by atoms with Crippen LogP contribution in [0.4, 0.5) is 4.39 Å². The van der Waals surface area contributed by atoms with Crippen molar-refractivity contribution in [3.05, 3.63) is 47.1 Å². The minimum atomic E-state index is -3.03. The fraction of sp³-hybridized carbons (Fsp3) is 0.353. The lowest BCUT2D eigenvalue weighted by atomic mass is 10.2. The van der Waals surface area contributed by atoms with Crippen molar-refractivity contribution in [3.8, 4) is 10.4 Å². The molecule has 1 fully saturated rings. The Morgan fingerprint density at radius 1 is 1.25 bits per heavy atom. The van der Waals surface area contributed by atoms with Crippen LogP contribution < -0.4 is 0 Å². The van der Waals surface area contributed by atoms with E-state index in [0.717, 1.165) is 10.4 Å². The molecule has 0 bridgehead atoms. The number of amides is 1. The summed E-state index contributed by atoms with van der Waals surface area (Å²) in [6.07, 6.45) is 0.498. The molecule has 0 radical (unpaired) electrons. The molecule has 0 N–H and O–H groups in total. The van der Waals surface area contributed by atoms with E-state index in [-0.39, 0.29) is 29.3 Å². The monoisotopic (exact) mass is 367 g/mol. The molecule has 1 saturated heterocycles. The summed E-state index contributed by atoms with van der Waals surface area (Å²) >= 11 is 1.34. The maximum Gasteiger partial charge on any atom is 0.264 e. The second-order valence-corrected chi connectivity index (χ2v) is 9.13. The molecular formula is C17H18FNO3S2. The fourth-order valence-corrected chi connectivity index (χ4v) is 5.65. The predicted molar refractivity (Wildman–Crippen MR) is 93.5 cm³/mol. The van der Waals surface area contributed by atoms with Crippen molar-refractivity contribution in [2.45, 2.75) is 19.4 Å². The van der Waals surface area contributed by atoms with Crippen LogP contribution in [0.15, 0.2) is 36.4 Å². The molecule has 2 aromatic rings. The van der Waals surface area contributed by atoms with Gasteiger partial charge in [-0.15, -0.1) is 11.3 Å². The smallest absolute Gasteiger partial charge is 0.264 e. The maximum absolute atomic E-state index is 13.0. The van der Waals surface area contributed by atoms with Gasteiger partial charge in [-0.25, -0.2) is 12.8 Å². The van der Waals surface area contributed by atoms with E-state index in [4.69, 9.17) is 0 Å². The normalized spacial score (nSPS) is 19.3. The molecule has 2 heterocycles. The van der Waals surface area contributed by atoms with Gasteiger partial charge in [0.15, 0.2) is 9.84 Å². The molecule has 1 atom stereocenters. The van der Waals surface area contributed by atoms with Crippen LogP contribution in [0.25, 0.3) is 10.4 Å². The average Bonchev–Trinajstić information content (AvgIpc) is 3.16. The fourth-order valence-electron chi connectivity index (χ4n) is 2.95. The van der Waals surface area contributed by atoms with Gasteiger partial charge in [0.05, 0.1) is 16.4 Å². The van der Waals surface area contributed by atoms with Crippen molar-refractivity contribution in [1.29, 1.82) is 0 Å². The zero-order valence-electron chi connectivity index (χ0n) is 13.2. The third kappa shape index (κ3) is 3.52. The third-order valence-corrected chi connectivity index (χ3v) is 7.07. The van der Waals surface area contributed by atoms with Crippen molar-refractivity contribution < 1.29 is 17.6 Å². The summed E-state index contributed by atoms with van der Waals surface area (Å²) in [4.78, 5) is 15.9. The van der Waals surface area contributed by atoms with Crippen LogP contribution in [0.1, 0.15) is 23.0 Å². The van der Waals surface area contributed by atoms with Crippen molar-refractivity contribution in [3.63, 3.8) is 0 Å². The van der Waals surface area contributed by atoms with Gasteiger partial charge in [-0.1, -0.05) is 12.1 Å². The van der Waals surface area contributed by atoms with Gasteiger partial charge in [-0.3, -0.25) is 4.79 Å². The van der Waals surface area contributed by atoms with Gasteiger partial charge in [-0.2, -0.15) is 0 Å². The molecule has 0 spiro atoms. The molecule has 3 rings (SSSR count). The Bertz CT molecular complexity index is 843. The van der Waals surface area contributed by atoms with Gasteiger partial charge < -0.3 is 4.90 Å². The molecule has 1 aromatic heterocycles. The van der Waals surface area contributed by atoms with E-state index in [0.29, 0.717) is 17.8 Å². The first-order chi connectivity index (χ1) is 11.4. The second-order valence-electron chi connectivity index (χ2n) is 5.82. The van der Waals surface area contributed by atoms with Crippen LogP contribution in [-0.4, -0.2) is 43.3 Å². The van der Waals surface area contributed by atoms with E-state index >= 15 is 0 Å². The quantitative estimate of drug-likeness (QED) is 0.834. The van der Waals surface area contributed by atoms with E-state index < -0.39 is 9.84 Å². The highest BCUT2D eigenvalue weighted by Crippen LogP contribution is 2.30. The number of hydrogen-bond donors (Lipinski definition) is 0. The Hall–Kier alpha value is -1.73. The highest BCUT2D eigenvalue weighted by molar-refractivity contribution is 7.91. The summed E-state index contributed by atoms with van der Waals surface area (Å²) in [5, 5.41) is 0. The third-order valence-electron chi connectivity index (χ3n) is 4.20. The number of sulfone groups is 1. The lowest BCUT2D eigenvalue weighted by Crippen LogP contribution is -2.40. The first-order valence-electron chi connectivity index (χ1n) is 7.77. The van der Waals surface area contributed by atoms with E-state index in [1.807, 2.05) is 13.0 Å². The van der Waals surface area contributed by atoms with Crippen molar-refractivity contribution in [2.75, 3.05) is 18.1 Å². The van der Waals surface area contributed by atoms with Crippen LogP contribution in [0, 0.1) is 5.82 Å². The summed E-state index contributed by atoms with van der Waals surface area (Å²) in [6.45, 7) is 2.33. The SMILES string of the molecule is CCN(C(=O)c1ccc(-c2ccc(F)cc2)s1)C1CCS(=O)(=O)C1. The van der Waals surface area contributed by atoms with Crippen LogP contribution in [0.5, 0.6) is 0 Å². The topological polar surface area (TPSA) is 54.5 Å². The summed E-state index contributed by atoms with van der Waals surface area (Å²) in [5.41, 5.74) is 0.854. The molecule has 24 heavy (non-hydrogen) atoms. The minimum Gasteiger partial charge on any atom is -0.334 e. The summed E-state index contributed by atoms with van der Waals surface area (Å²) in [6, 6.07) is 9.47. The van der Waals surface area contributed by atoms with Crippen molar-refractivity contribution >= 4 is 27.1 Å². The molecular weight excluding hydrogens is 349 g/mol. The zero-order chi connectivity index (χ0) is 17.3. The van der Waals surface area contributed by atoms with Crippen molar-refractivity contribution in [1.82, 2.24) is 4.90 Å². The zero-order valence-corrected chi connectivity index (χ0v) is 14.9. The molecule has 0 aliphatic carbocycles. The lowest BCUT2D eigenvalue weighted by molar-refractivity contribution is 0.0713. The molecule has 7 heteroatoms. The van der Waals surface area contributed by atoms with E-state index in [1.54, 1.807) is 23.1 Å². The van der Waals surface area contributed by atoms with Gasteiger partial charge in [0.25, 0.3) is 5.91 Å². The number of halogens is 1. The molecule has 0 saturated carbocycles. The Morgan fingerprint density at radius 3 is 2.54 bits per heavy atom. The Kier molecular flexibility index (Phi) is 4.73. The molecule has 4 nitrogen and oxygen atoms in total. The Morgan fingerprint density at radius 2 is 1.96 bits per heavy atom. The number of benzene rings is 1. The lowest BCUT2D eigenvalue weighted by Gasteiger charge is -2.26. The van der Waals surface area contributed by atoms with E-state index in [1.165, 1.54) is 23.5 Å². The van der Waals surface area contributed by atoms with E-state index in [2.05, 4.69) is 0 Å². The number of nitrogens with zero attached hydrogens (tertiary/aromatic N) is 1. The van der Waals surface area contributed by atoms with Gasteiger partial charge in [0.2, 0.25) is 0 Å². The summed E-state index contributed by atoms with van der Waals surface area (Å²) in [5.74, 6) is -0.251. The van der Waals surface area contributed by atoms with Gasteiger partial charge in [-0.05, 0) is 43.2 Å². The number of rotatable bonds is 4. The van der Waals surface area contributed by atoms with Gasteiger partial charge >= 0.3 is 0 Å². The van der Waals surface area contributed by atoms with Crippen LogP contribution in [-0.2, 0) is 9.84 Å². The molecule has 128 valence electrons. The first kappa shape index (κ1) is 17.1. The van der Waals surface area contributed by atoms with Gasteiger partial charge in [0.1, 0.15) is 5.82 Å². The standard InChI is InChI=1S/C17H18FNO3S2/c1-2-19(14-9-10-24(21,22)11-14)17(20)16-8-7-15(23-16)12-3-5-13(18)6-4-12/h3-8,14H,2,9-11H2,1H3. The Labute approximate surface area is 144 Å². The molecule has 1 amide bonds. The second kappa shape index (κ2) is 6.64. The molecule has 1 unspecified atom stereocenters. The number of carbonyl (C=O) groups is 1. The number of thiophene rings is 1. The largest absolute Gasteiger partial charge is 0.334 e. The predicted octanol–water partition coefficient (Wildman–Crippen LogP) is 3.20. The summed E-state index contributed by atoms with van der Waals surface area (Å²) in [7, 11) is -3.03. The maximum atomic E-state index is 13.0. The van der Waals surface area contributed by atoms with Crippen LogP contribution >= 0.6 is 11.3 Å². The van der Waals surface area contributed by atoms with Gasteiger partial charge in [0, 0.05) is 17.5 Å². The van der Waals surface area contributed by atoms with Crippen LogP contribution in [0.3, 0.4) is 0 Å². The highest BCUT2D eigenvalue weighted by Gasteiger charge is 2.34. The molecule has 1 aliphatic heterocycles. The first-order valence-corrected chi connectivity index (χ1v) is 10.4. The van der Waals surface area contributed by atoms with Crippen LogP contribution in [0.2, 0.25) is 0 Å². The Balaban J connectivity index is 1.80. The number of hydrogen-bond acceptors (Lipinski definition) is 4. The van der Waals surface area contributed by atoms with Crippen molar-refractivity contribution in [2.24, 2.45) is 0 Å². The van der Waals surface area contributed by atoms with E-state index in [9.17, 15) is 17.6 Å². The average molecular weight is 367 g/mol. The molecule has 1 aromatic carbocycles. The minimum absolute atomic E-state index is 0.0444. The summed E-state index contributed by atoms with van der Waals surface area (Å²) < 4.78 is 36.4. The molecule has 1 aliphatic rings. The highest BCUT2D eigenvalue weighted by atomic mass is 32.2.